The number of aromatic nitrogens is 2. The third-order valence-corrected chi connectivity index (χ3v) is 5.55. The Morgan fingerprint density at radius 1 is 1.45 bits per heavy atom. The molecule has 4 nitrogen and oxygen atoms in total. The summed E-state index contributed by atoms with van der Waals surface area (Å²) in [7, 11) is 2.15. The van der Waals surface area contributed by atoms with Crippen molar-refractivity contribution in [2.75, 3.05) is 20.1 Å². The average molecular weight is 309 g/mol. The molecule has 0 aliphatic carbocycles. The predicted octanol–water partition coefficient (Wildman–Crippen LogP) is 2.85. The molecular weight excluding hydrogens is 290 g/mol. The number of rotatable bonds is 2. The summed E-state index contributed by atoms with van der Waals surface area (Å²) in [6, 6.07) is 1.92. The van der Waals surface area contributed by atoms with E-state index in [4.69, 9.17) is 12.2 Å². The smallest absolute Gasteiger partial charge is 0.272 e. The fourth-order valence-corrected chi connectivity index (χ4v) is 3.87. The minimum absolute atomic E-state index is 0.0545. The zero-order valence-corrected chi connectivity index (χ0v) is 13.4. The number of aromatic amines is 1. The SMILES string of the molecule is CN1CCC(C)(Cn2c(=S)[nH]c3ccsc3c2=O)CC1. The maximum atomic E-state index is 12.6. The molecule has 0 aromatic carbocycles. The third-order valence-electron chi connectivity index (χ3n) is 4.33. The van der Waals surface area contributed by atoms with Crippen LogP contribution in [0, 0.1) is 10.2 Å². The molecule has 1 aliphatic rings. The molecule has 0 saturated carbocycles. The lowest BCUT2D eigenvalue weighted by Gasteiger charge is -2.38. The van der Waals surface area contributed by atoms with Gasteiger partial charge in [-0.3, -0.25) is 9.36 Å². The first kappa shape index (κ1) is 14.0. The Morgan fingerprint density at radius 2 is 2.15 bits per heavy atom. The Balaban J connectivity index is 1.98. The molecule has 108 valence electrons. The van der Waals surface area contributed by atoms with Gasteiger partial charge in [0.1, 0.15) is 4.70 Å². The van der Waals surface area contributed by atoms with Crippen molar-refractivity contribution in [2.45, 2.75) is 26.3 Å². The van der Waals surface area contributed by atoms with E-state index >= 15 is 0 Å². The van der Waals surface area contributed by atoms with E-state index in [1.807, 2.05) is 11.4 Å². The Kier molecular flexibility index (Phi) is 3.56. The van der Waals surface area contributed by atoms with Gasteiger partial charge in [0.2, 0.25) is 0 Å². The molecule has 1 saturated heterocycles. The van der Waals surface area contributed by atoms with Crippen LogP contribution in [0.5, 0.6) is 0 Å². The van der Waals surface area contributed by atoms with Crippen molar-refractivity contribution in [3.63, 3.8) is 0 Å². The first-order valence-electron chi connectivity index (χ1n) is 6.87. The van der Waals surface area contributed by atoms with Crippen LogP contribution >= 0.6 is 23.6 Å². The van der Waals surface area contributed by atoms with E-state index in [-0.39, 0.29) is 11.0 Å². The molecule has 2 aromatic heterocycles. The van der Waals surface area contributed by atoms with Gasteiger partial charge in [0.05, 0.1) is 5.52 Å². The number of hydrogen-bond donors (Lipinski definition) is 1. The highest BCUT2D eigenvalue weighted by Crippen LogP contribution is 2.32. The van der Waals surface area contributed by atoms with Gasteiger partial charge in [-0.2, -0.15) is 0 Å². The summed E-state index contributed by atoms with van der Waals surface area (Å²) in [4.78, 5) is 18.1. The van der Waals surface area contributed by atoms with Crippen LogP contribution in [-0.2, 0) is 6.54 Å². The Morgan fingerprint density at radius 3 is 2.85 bits per heavy atom. The van der Waals surface area contributed by atoms with Crippen LogP contribution in [-0.4, -0.2) is 34.6 Å². The van der Waals surface area contributed by atoms with Gasteiger partial charge in [0, 0.05) is 6.54 Å². The van der Waals surface area contributed by atoms with Crippen LogP contribution in [0.3, 0.4) is 0 Å². The molecule has 3 heterocycles. The number of H-pyrrole nitrogens is 1. The maximum absolute atomic E-state index is 12.6. The van der Waals surface area contributed by atoms with Crippen LogP contribution in [0.4, 0.5) is 0 Å². The van der Waals surface area contributed by atoms with Gasteiger partial charge in [-0.05, 0) is 62.1 Å². The van der Waals surface area contributed by atoms with E-state index in [2.05, 4.69) is 23.9 Å². The number of fused-ring (bicyclic) bond motifs is 1. The van der Waals surface area contributed by atoms with E-state index in [1.165, 1.54) is 11.3 Å². The number of likely N-dealkylation sites (tertiary alicyclic amines) is 1. The number of hydrogen-bond acceptors (Lipinski definition) is 4. The number of piperidine rings is 1. The third kappa shape index (κ3) is 2.47. The fourth-order valence-electron chi connectivity index (χ4n) is 2.81. The van der Waals surface area contributed by atoms with Gasteiger partial charge in [-0.15, -0.1) is 11.3 Å². The van der Waals surface area contributed by atoms with Crippen LogP contribution < -0.4 is 5.56 Å². The second kappa shape index (κ2) is 5.09. The Bertz CT molecular complexity index is 735. The van der Waals surface area contributed by atoms with Crippen molar-refractivity contribution in [1.29, 1.82) is 0 Å². The molecule has 3 rings (SSSR count). The lowest BCUT2D eigenvalue weighted by molar-refractivity contribution is 0.119. The first-order chi connectivity index (χ1) is 9.48. The summed E-state index contributed by atoms with van der Waals surface area (Å²) in [5.41, 5.74) is 1.07. The highest BCUT2D eigenvalue weighted by atomic mass is 32.1. The highest BCUT2D eigenvalue weighted by Gasteiger charge is 2.30. The van der Waals surface area contributed by atoms with E-state index in [9.17, 15) is 4.79 Å². The second-order valence-corrected chi connectivity index (χ2v) is 7.40. The molecule has 0 spiro atoms. The van der Waals surface area contributed by atoms with Gasteiger partial charge in [-0.1, -0.05) is 6.92 Å². The van der Waals surface area contributed by atoms with E-state index < -0.39 is 0 Å². The summed E-state index contributed by atoms with van der Waals surface area (Å²) < 4.78 is 3.07. The predicted molar refractivity (Wildman–Crippen MR) is 86.1 cm³/mol. The molecule has 1 aliphatic heterocycles. The van der Waals surface area contributed by atoms with Crippen molar-refractivity contribution >= 4 is 33.8 Å². The van der Waals surface area contributed by atoms with Gasteiger partial charge < -0.3 is 9.88 Å². The molecule has 6 heteroatoms. The van der Waals surface area contributed by atoms with Crippen LogP contribution in [0.1, 0.15) is 19.8 Å². The number of thiophene rings is 1. The van der Waals surface area contributed by atoms with Crippen molar-refractivity contribution < 1.29 is 0 Å². The number of nitrogens with zero attached hydrogens (tertiary/aromatic N) is 2. The van der Waals surface area contributed by atoms with E-state index in [0.29, 0.717) is 11.3 Å². The molecule has 0 atom stereocenters. The van der Waals surface area contributed by atoms with Crippen molar-refractivity contribution in [3.8, 4) is 0 Å². The molecular formula is C14H19N3OS2. The number of nitrogens with one attached hydrogen (secondary N) is 1. The Labute approximate surface area is 127 Å². The highest BCUT2D eigenvalue weighted by molar-refractivity contribution is 7.71. The van der Waals surface area contributed by atoms with E-state index in [0.717, 1.165) is 36.1 Å². The molecule has 0 bridgehead atoms. The largest absolute Gasteiger partial charge is 0.331 e. The van der Waals surface area contributed by atoms with Crippen LogP contribution in [0.15, 0.2) is 16.2 Å². The monoisotopic (exact) mass is 309 g/mol. The van der Waals surface area contributed by atoms with Crippen LogP contribution in [0.25, 0.3) is 10.2 Å². The van der Waals surface area contributed by atoms with Gasteiger partial charge in [-0.25, -0.2) is 0 Å². The van der Waals surface area contributed by atoms with Crippen molar-refractivity contribution in [2.24, 2.45) is 5.41 Å². The molecule has 1 N–H and O–H groups in total. The molecule has 20 heavy (non-hydrogen) atoms. The average Bonchev–Trinajstić information content (AvgIpc) is 2.87. The summed E-state index contributed by atoms with van der Waals surface area (Å²) in [6.07, 6.45) is 2.21. The quantitative estimate of drug-likeness (QED) is 0.867. The fraction of sp³-hybridized carbons (Fsp3) is 0.571. The standard InChI is InChI=1S/C14H19N3OS2/c1-14(4-6-16(2)7-5-14)9-17-12(18)11-10(3-8-20-11)15-13(17)19/h3,8H,4-7,9H2,1-2H3,(H,15,19). The molecule has 0 radical (unpaired) electrons. The lowest BCUT2D eigenvalue weighted by atomic mass is 9.80. The lowest BCUT2D eigenvalue weighted by Crippen LogP contribution is -2.40. The minimum Gasteiger partial charge on any atom is -0.331 e. The van der Waals surface area contributed by atoms with Gasteiger partial charge >= 0.3 is 0 Å². The summed E-state index contributed by atoms with van der Waals surface area (Å²) in [5, 5.41) is 1.93. The first-order valence-corrected chi connectivity index (χ1v) is 8.16. The Hall–Kier alpha value is -0.980. The van der Waals surface area contributed by atoms with E-state index in [1.54, 1.807) is 4.57 Å². The second-order valence-electron chi connectivity index (χ2n) is 6.10. The summed E-state index contributed by atoms with van der Waals surface area (Å²) >= 11 is 6.85. The molecule has 0 unspecified atom stereocenters. The minimum atomic E-state index is 0.0545. The topological polar surface area (TPSA) is 41.0 Å². The van der Waals surface area contributed by atoms with Crippen molar-refractivity contribution in [1.82, 2.24) is 14.5 Å². The van der Waals surface area contributed by atoms with Gasteiger partial charge in [0.15, 0.2) is 4.77 Å². The zero-order valence-electron chi connectivity index (χ0n) is 11.8. The summed E-state index contributed by atoms with van der Waals surface area (Å²) in [6.45, 7) is 5.15. The maximum Gasteiger partial charge on any atom is 0.272 e. The van der Waals surface area contributed by atoms with Crippen molar-refractivity contribution in [3.05, 3.63) is 26.6 Å². The molecule has 1 fully saturated rings. The van der Waals surface area contributed by atoms with Crippen LogP contribution in [0.2, 0.25) is 0 Å². The zero-order chi connectivity index (χ0) is 14.3. The van der Waals surface area contributed by atoms with Gasteiger partial charge in [0.25, 0.3) is 5.56 Å². The normalized spacial score (nSPS) is 19.5. The molecule has 2 aromatic rings. The molecule has 0 amide bonds. The summed E-state index contributed by atoms with van der Waals surface area (Å²) in [5.74, 6) is 0.